The second-order valence-corrected chi connectivity index (χ2v) is 3.08. The molecule has 1 aromatic rings. The Hall–Kier alpha value is -1.29. The van der Waals surface area contributed by atoms with Crippen molar-refractivity contribution < 1.29 is 9.90 Å². The highest BCUT2D eigenvalue weighted by atomic mass is 16.4. The third-order valence-corrected chi connectivity index (χ3v) is 2.03. The van der Waals surface area contributed by atoms with Gasteiger partial charge in [-0.15, -0.1) is 0 Å². The van der Waals surface area contributed by atoms with Crippen LogP contribution in [-0.4, -0.2) is 15.6 Å². The van der Waals surface area contributed by atoms with Crippen molar-refractivity contribution in [3.05, 3.63) is 24.0 Å². The van der Waals surface area contributed by atoms with Crippen molar-refractivity contribution in [3.63, 3.8) is 0 Å². The van der Waals surface area contributed by atoms with E-state index < -0.39 is 5.97 Å². The Kier molecular flexibility index (Phi) is 3.08. The molecular weight excluding hydrogens is 168 g/mol. The predicted molar refractivity (Wildman–Crippen MR) is 49.2 cm³/mol. The zero-order valence-corrected chi connectivity index (χ0v) is 7.60. The SMILES string of the molecule is Cn1cccc1[C@H](N)CCC(=O)O. The van der Waals surface area contributed by atoms with Crippen LogP contribution in [0, 0.1) is 0 Å². The van der Waals surface area contributed by atoms with Crippen LogP contribution in [0.2, 0.25) is 0 Å². The Bertz CT molecular complexity index is 294. The van der Waals surface area contributed by atoms with E-state index in [1.807, 2.05) is 29.9 Å². The third kappa shape index (κ3) is 2.59. The highest BCUT2D eigenvalue weighted by Crippen LogP contribution is 2.15. The number of nitrogens with two attached hydrogens (primary N) is 1. The molecule has 0 bridgehead atoms. The van der Waals surface area contributed by atoms with Gasteiger partial charge < -0.3 is 15.4 Å². The van der Waals surface area contributed by atoms with Crippen LogP contribution >= 0.6 is 0 Å². The van der Waals surface area contributed by atoms with Gasteiger partial charge in [-0.05, 0) is 18.6 Å². The van der Waals surface area contributed by atoms with Gasteiger partial charge in [-0.1, -0.05) is 0 Å². The summed E-state index contributed by atoms with van der Waals surface area (Å²) >= 11 is 0. The smallest absolute Gasteiger partial charge is 0.303 e. The Morgan fingerprint density at radius 2 is 2.46 bits per heavy atom. The first-order valence-corrected chi connectivity index (χ1v) is 4.20. The summed E-state index contributed by atoms with van der Waals surface area (Å²) in [7, 11) is 1.90. The molecule has 0 aliphatic rings. The topological polar surface area (TPSA) is 68.2 Å². The fourth-order valence-electron chi connectivity index (χ4n) is 1.29. The number of carbonyl (C=O) groups is 1. The lowest BCUT2D eigenvalue weighted by Crippen LogP contribution is -2.15. The van der Waals surface area contributed by atoms with Crippen LogP contribution in [0.3, 0.4) is 0 Å². The molecule has 0 aromatic carbocycles. The van der Waals surface area contributed by atoms with Gasteiger partial charge in [0, 0.05) is 31.4 Å². The largest absolute Gasteiger partial charge is 0.481 e. The summed E-state index contributed by atoms with van der Waals surface area (Å²) in [4.78, 5) is 10.3. The fraction of sp³-hybridized carbons (Fsp3) is 0.444. The lowest BCUT2D eigenvalue weighted by Gasteiger charge is -2.11. The Balaban J connectivity index is 2.53. The molecule has 0 aliphatic heterocycles. The van der Waals surface area contributed by atoms with Gasteiger partial charge >= 0.3 is 5.97 Å². The Morgan fingerprint density at radius 1 is 1.77 bits per heavy atom. The van der Waals surface area contributed by atoms with Crippen LogP contribution in [0.1, 0.15) is 24.6 Å². The fourth-order valence-corrected chi connectivity index (χ4v) is 1.29. The third-order valence-electron chi connectivity index (χ3n) is 2.03. The van der Waals surface area contributed by atoms with E-state index in [0.717, 1.165) is 5.69 Å². The number of aromatic nitrogens is 1. The predicted octanol–water partition coefficient (Wildman–Crippen LogP) is 0.890. The average Bonchev–Trinajstić information content (AvgIpc) is 2.47. The molecule has 1 heterocycles. The number of carboxylic acid groups (broad SMARTS) is 1. The molecule has 13 heavy (non-hydrogen) atoms. The first-order chi connectivity index (χ1) is 6.11. The van der Waals surface area contributed by atoms with E-state index in [4.69, 9.17) is 10.8 Å². The zero-order chi connectivity index (χ0) is 9.84. The molecule has 4 heteroatoms. The van der Waals surface area contributed by atoms with E-state index in [0.29, 0.717) is 6.42 Å². The second kappa shape index (κ2) is 4.09. The second-order valence-electron chi connectivity index (χ2n) is 3.08. The van der Waals surface area contributed by atoms with Crippen molar-refractivity contribution in [1.29, 1.82) is 0 Å². The molecule has 72 valence electrons. The first-order valence-electron chi connectivity index (χ1n) is 4.20. The molecular formula is C9H14N2O2. The summed E-state index contributed by atoms with van der Waals surface area (Å²) in [5.41, 5.74) is 6.78. The number of nitrogens with zero attached hydrogens (tertiary/aromatic N) is 1. The van der Waals surface area contributed by atoms with E-state index in [1.165, 1.54) is 0 Å². The van der Waals surface area contributed by atoms with Crippen LogP contribution < -0.4 is 5.73 Å². The lowest BCUT2D eigenvalue weighted by atomic mass is 10.1. The van der Waals surface area contributed by atoms with Gasteiger partial charge in [0.15, 0.2) is 0 Å². The maximum Gasteiger partial charge on any atom is 0.303 e. The van der Waals surface area contributed by atoms with E-state index in [2.05, 4.69) is 0 Å². The average molecular weight is 182 g/mol. The highest BCUT2D eigenvalue weighted by Gasteiger charge is 2.10. The molecule has 0 fully saturated rings. The van der Waals surface area contributed by atoms with Crippen molar-refractivity contribution >= 4 is 5.97 Å². The molecule has 0 amide bonds. The summed E-state index contributed by atoms with van der Waals surface area (Å²) in [6.07, 6.45) is 2.50. The van der Waals surface area contributed by atoms with Crippen molar-refractivity contribution in [3.8, 4) is 0 Å². The van der Waals surface area contributed by atoms with Gasteiger partial charge in [-0.3, -0.25) is 4.79 Å². The summed E-state index contributed by atoms with van der Waals surface area (Å²) in [6.45, 7) is 0. The van der Waals surface area contributed by atoms with Gasteiger partial charge in [0.05, 0.1) is 0 Å². The van der Waals surface area contributed by atoms with E-state index in [9.17, 15) is 4.79 Å². The van der Waals surface area contributed by atoms with Gasteiger partial charge in [-0.2, -0.15) is 0 Å². The standard InChI is InChI=1S/C9H14N2O2/c1-11-6-2-3-8(11)7(10)4-5-9(12)13/h2-3,6-7H,4-5,10H2,1H3,(H,12,13)/t7-/m1/s1. The van der Waals surface area contributed by atoms with Gasteiger partial charge in [0.2, 0.25) is 0 Å². The Morgan fingerprint density at radius 3 is 2.92 bits per heavy atom. The normalized spacial score (nSPS) is 12.8. The first kappa shape index (κ1) is 9.80. The minimum Gasteiger partial charge on any atom is -0.481 e. The number of rotatable bonds is 4. The minimum atomic E-state index is -0.801. The number of carboxylic acids is 1. The monoisotopic (exact) mass is 182 g/mol. The summed E-state index contributed by atoms with van der Waals surface area (Å²) in [5.74, 6) is -0.801. The van der Waals surface area contributed by atoms with Crippen LogP contribution in [0.15, 0.2) is 18.3 Å². The van der Waals surface area contributed by atoms with Crippen LogP contribution in [-0.2, 0) is 11.8 Å². The lowest BCUT2D eigenvalue weighted by molar-refractivity contribution is -0.137. The number of aryl methyl sites for hydroxylation is 1. The van der Waals surface area contributed by atoms with E-state index >= 15 is 0 Å². The van der Waals surface area contributed by atoms with E-state index in [-0.39, 0.29) is 12.5 Å². The molecule has 0 spiro atoms. The number of hydrogen-bond donors (Lipinski definition) is 2. The van der Waals surface area contributed by atoms with Crippen molar-refractivity contribution in [1.82, 2.24) is 4.57 Å². The van der Waals surface area contributed by atoms with Crippen LogP contribution in [0.4, 0.5) is 0 Å². The quantitative estimate of drug-likeness (QED) is 0.726. The summed E-state index contributed by atoms with van der Waals surface area (Å²) < 4.78 is 1.91. The molecule has 0 radical (unpaired) electrons. The zero-order valence-electron chi connectivity index (χ0n) is 7.60. The maximum absolute atomic E-state index is 10.3. The highest BCUT2D eigenvalue weighted by molar-refractivity contribution is 5.66. The molecule has 4 nitrogen and oxygen atoms in total. The molecule has 1 rings (SSSR count). The molecule has 0 saturated heterocycles. The maximum atomic E-state index is 10.3. The van der Waals surface area contributed by atoms with E-state index in [1.54, 1.807) is 0 Å². The van der Waals surface area contributed by atoms with Crippen molar-refractivity contribution in [2.75, 3.05) is 0 Å². The Labute approximate surface area is 77.0 Å². The molecule has 0 aliphatic carbocycles. The molecule has 0 unspecified atom stereocenters. The van der Waals surface area contributed by atoms with Gasteiger partial charge in [0.1, 0.15) is 0 Å². The minimum absolute atomic E-state index is 0.117. The van der Waals surface area contributed by atoms with Gasteiger partial charge in [0.25, 0.3) is 0 Å². The number of hydrogen-bond acceptors (Lipinski definition) is 2. The summed E-state index contributed by atoms with van der Waals surface area (Å²) in [5, 5.41) is 8.47. The molecule has 3 N–H and O–H groups in total. The van der Waals surface area contributed by atoms with Crippen LogP contribution in [0.25, 0.3) is 0 Å². The molecule has 1 aromatic heterocycles. The molecule has 1 atom stereocenters. The van der Waals surface area contributed by atoms with Crippen molar-refractivity contribution in [2.24, 2.45) is 12.8 Å². The van der Waals surface area contributed by atoms with Gasteiger partial charge in [-0.25, -0.2) is 0 Å². The number of aliphatic carboxylic acids is 1. The van der Waals surface area contributed by atoms with Crippen molar-refractivity contribution in [2.45, 2.75) is 18.9 Å². The van der Waals surface area contributed by atoms with Crippen LogP contribution in [0.5, 0.6) is 0 Å². The molecule has 0 saturated carbocycles. The summed E-state index contributed by atoms with van der Waals surface area (Å²) in [6, 6.07) is 3.62.